The van der Waals surface area contributed by atoms with Gasteiger partial charge in [0.2, 0.25) is 5.78 Å². The zero-order chi connectivity index (χ0) is 16.4. The maximum absolute atomic E-state index is 12.9. The van der Waals surface area contributed by atoms with Crippen molar-refractivity contribution in [1.82, 2.24) is 0 Å². The minimum Gasteiger partial charge on any atom is -0.374 e. The zero-order valence-corrected chi connectivity index (χ0v) is 14.3. The van der Waals surface area contributed by atoms with E-state index in [0.717, 1.165) is 16.1 Å². The Kier molecular flexibility index (Phi) is 3.17. The number of nitrogens with zero attached hydrogens (tertiary/aromatic N) is 2. The van der Waals surface area contributed by atoms with E-state index in [1.54, 1.807) is 12.1 Å². The standard InChI is InChI=1S/C17H15ClN2O2S/c1-9-10(2)23-15-13(9)14(21)17(22)7-8-20(16(17)19-15)12-5-3-11(18)4-6-12/h3-6,22H,7-8H2,1-2H3/t17-/m1/s1. The number of carbonyl (C=O) groups excluding carboxylic acids is 1. The largest absolute Gasteiger partial charge is 0.374 e. The second kappa shape index (κ2) is 4.90. The lowest BCUT2D eigenvalue weighted by Gasteiger charge is -2.28. The molecule has 0 unspecified atom stereocenters. The Morgan fingerprint density at radius 1 is 1.30 bits per heavy atom. The van der Waals surface area contributed by atoms with Gasteiger partial charge in [0.15, 0.2) is 11.4 Å². The Morgan fingerprint density at radius 3 is 2.70 bits per heavy atom. The third-order valence-corrected chi connectivity index (χ3v) is 5.99. The Labute approximate surface area is 143 Å². The van der Waals surface area contributed by atoms with E-state index in [9.17, 15) is 9.90 Å². The topological polar surface area (TPSA) is 52.9 Å². The first kappa shape index (κ1) is 14.9. The van der Waals surface area contributed by atoms with Gasteiger partial charge in [0.1, 0.15) is 5.00 Å². The fraction of sp³-hybridized carbons (Fsp3) is 0.294. The van der Waals surface area contributed by atoms with E-state index in [2.05, 4.69) is 4.99 Å². The molecular formula is C17H15ClN2O2S. The molecule has 0 spiro atoms. The number of thiophene rings is 1. The van der Waals surface area contributed by atoms with E-state index in [0.29, 0.717) is 34.4 Å². The van der Waals surface area contributed by atoms with Gasteiger partial charge in [-0.05, 0) is 43.7 Å². The second-order valence-electron chi connectivity index (χ2n) is 5.97. The quantitative estimate of drug-likeness (QED) is 0.852. The third-order valence-electron chi connectivity index (χ3n) is 4.64. The summed E-state index contributed by atoms with van der Waals surface area (Å²) in [5, 5.41) is 12.4. The summed E-state index contributed by atoms with van der Waals surface area (Å²) in [5.74, 6) is 0.203. The first-order valence-electron chi connectivity index (χ1n) is 7.41. The van der Waals surface area contributed by atoms with Crippen molar-refractivity contribution < 1.29 is 9.90 Å². The summed E-state index contributed by atoms with van der Waals surface area (Å²) in [6, 6.07) is 7.34. The number of fused-ring (bicyclic) bond motifs is 2. The van der Waals surface area contributed by atoms with Crippen molar-refractivity contribution >= 4 is 45.2 Å². The van der Waals surface area contributed by atoms with Crippen LogP contribution in [-0.2, 0) is 0 Å². The fourth-order valence-corrected chi connectivity index (χ4v) is 4.36. The van der Waals surface area contributed by atoms with Crippen LogP contribution >= 0.6 is 22.9 Å². The number of anilines is 1. The van der Waals surface area contributed by atoms with Gasteiger partial charge in [0.25, 0.3) is 0 Å². The average Bonchev–Trinajstić information content (AvgIpc) is 3.00. The number of aryl methyl sites for hydroxylation is 1. The molecule has 23 heavy (non-hydrogen) atoms. The van der Waals surface area contributed by atoms with Crippen molar-refractivity contribution in [2.24, 2.45) is 4.99 Å². The Balaban J connectivity index is 1.87. The van der Waals surface area contributed by atoms with Crippen LogP contribution in [0.3, 0.4) is 0 Å². The Hall–Kier alpha value is -1.69. The summed E-state index contributed by atoms with van der Waals surface area (Å²) in [6.07, 6.45) is 0.348. The van der Waals surface area contributed by atoms with Crippen LogP contribution in [0.25, 0.3) is 0 Å². The molecule has 4 nitrogen and oxygen atoms in total. The SMILES string of the molecule is Cc1sc2c(c1C)C(=O)[C@]1(O)CCN(c3ccc(Cl)cc3)C1=N2. The van der Waals surface area contributed by atoms with Gasteiger partial charge in [-0.1, -0.05) is 11.6 Å². The van der Waals surface area contributed by atoms with Crippen molar-refractivity contribution in [1.29, 1.82) is 0 Å². The minimum absolute atomic E-state index is 0.226. The molecule has 1 aromatic carbocycles. The predicted octanol–water partition coefficient (Wildman–Crippen LogP) is 3.89. The molecule has 0 radical (unpaired) electrons. The maximum Gasteiger partial charge on any atom is 0.205 e. The van der Waals surface area contributed by atoms with Gasteiger partial charge in [-0.25, -0.2) is 4.99 Å². The monoisotopic (exact) mass is 346 g/mol. The first-order chi connectivity index (χ1) is 10.9. The number of aliphatic hydroxyl groups is 1. The molecule has 1 atom stereocenters. The van der Waals surface area contributed by atoms with Crippen LogP contribution in [0.1, 0.15) is 27.2 Å². The van der Waals surface area contributed by atoms with E-state index in [1.807, 2.05) is 30.9 Å². The molecule has 6 heteroatoms. The second-order valence-corrected chi connectivity index (χ2v) is 7.61. The maximum atomic E-state index is 12.9. The lowest BCUT2D eigenvalue weighted by Crippen LogP contribution is -2.48. The van der Waals surface area contributed by atoms with Crippen molar-refractivity contribution in [3.8, 4) is 0 Å². The highest BCUT2D eigenvalue weighted by molar-refractivity contribution is 7.16. The van der Waals surface area contributed by atoms with Gasteiger partial charge in [-0.3, -0.25) is 4.79 Å². The number of carbonyl (C=O) groups is 1. The lowest BCUT2D eigenvalue weighted by molar-refractivity contribution is 0.0602. The number of benzene rings is 1. The Bertz CT molecular complexity index is 856. The lowest BCUT2D eigenvalue weighted by atomic mass is 9.88. The van der Waals surface area contributed by atoms with E-state index >= 15 is 0 Å². The highest BCUT2D eigenvalue weighted by Gasteiger charge is 2.53. The third kappa shape index (κ3) is 2.00. The number of Topliss-reactive ketones (excluding diaryl/α,β-unsaturated/α-hetero) is 1. The van der Waals surface area contributed by atoms with Crippen molar-refractivity contribution in [2.45, 2.75) is 25.9 Å². The number of rotatable bonds is 1. The summed E-state index contributed by atoms with van der Waals surface area (Å²) in [7, 11) is 0. The summed E-state index contributed by atoms with van der Waals surface area (Å²) in [5.41, 5.74) is 0.864. The predicted molar refractivity (Wildman–Crippen MR) is 93.6 cm³/mol. The van der Waals surface area contributed by atoms with Crippen LogP contribution < -0.4 is 4.90 Å². The molecule has 0 saturated carbocycles. The number of halogens is 1. The highest BCUT2D eigenvalue weighted by atomic mass is 35.5. The van der Waals surface area contributed by atoms with Gasteiger partial charge in [-0.2, -0.15) is 0 Å². The van der Waals surface area contributed by atoms with E-state index in [-0.39, 0.29) is 5.78 Å². The minimum atomic E-state index is -1.52. The smallest absolute Gasteiger partial charge is 0.205 e. The molecule has 1 aromatic heterocycles. The molecule has 1 N–H and O–H groups in total. The molecule has 0 bridgehead atoms. The molecule has 4 rings (SSSR count). The van der Waals surface area contributed by atoms with Crippen molar-refractivity contribution in [3.63, 3.8) is 0 Å². The molecule has 2 aliphatic heterocycles. The zero-order valence-electron chi connectivity index (χ0n) is 12.8. The normalized spacial score (nSPS) is 22.9. The van der Waals surface area contributed by atoms with E-state index < -0.39 is 5.60 Å². The summed E-state index contributed by atoms with van der Waals surface area (Å²) >= 11 is 7.44. The summed E-state index contributed by atoms with van der Waals surface area (Å²) < 4.78 is 0. The van der Waals surface area contributed by atoms with Crippen molar-refractivity contribution in [2.75, 3.05) is 11.4 Å². The van der Waals surface area contributed by atoms with Crippen LogP contribution in [0.2, 0.25) is 5.02 Å². The number of ketones is 1. The average molecular weight is 347 g/mol. The molecule has 1 fully saturated rings. The number of hydrogen-bond donors (Lipinski definition) is 1. The van der Waals surface area contributed by atoms with Crippen LogP contribution in [0, 0.1) is 13.8 Å². The fourth-order valence-electron chi connectivity index (χ4n) is 3.21. The van der Waals surface area contributed by atoms with Crippen LogP contribution in [0.5, 0.6) is 0 Å². The van der Waals surface area contributed by atoms with Crippen LogP contribution in [0.4, 0.5) is 10.7 Å². The Morgan fingerprint density at radius 2 is 2.00 bits per heavy atom. The molecule has 2 aliphatic rings. The van der Waals surface area contributed by atoms with Crippen molar-refractivity contribution in [3.05, 3.63) is 45.3 Å². The molecule has 1 saturated heterocycles. The van der Waals surface area contributed by atoms with Gasteiger partial charge >= 0.3 is 0 Å². The molecule has 0 aliphatic carbocycles. The summed E-state index contributed by atoms with van der Waals surface area (Å²) in [4.78, 5) is 20.5. The molecular weight excluding hydrogens is 332 g/mol. The van der Waals surface area contributed by atoms with Gasteiger partial charge < -0.3 is 10.0 Å². The molecule has 2 aromatic rings. The molecule has 3 heterocycles. The first-order valence-corrected chi connectivity index (χ1v) is 8.60. The van der Waals surface area contributed by atoms with Gasteiger partial charge in [0, 0.05) is 28.6 Å². The number of amidine groups is 1. The van der Waals surface area contributed by atoms with Crippen LogP contribution in [0.15, 0.2) is 29.3 Å². The van der Waals surface area contributed by atoms with Crippen LogP contribution in [-0.4, -0.2) is 28.9 Å². The number of hydrogen-bond acceptors (Lipinski definition) is 5. The van der Waals surface area contributed by atoms with E-state index in [1.165, 1.54) is 11.3 Å². The highest BCUT2D eigenvalue weighted by Crippen LogP contribution is 2.45. The van der Waals surface area contributed by atoms with E-state index in [4.69, 9.17) is 11.6 Å². The molecule has 0 amide bonds. The molecule has 118 valence electrons. The van der Waals surface area contributed by atoms with Gasteiger partial charge in [0.05, 0.1) is 5.56 Å². The summed E-state index contributed by atoms with van der Waals surface area (Å²) in [6.45, 7) is 4.44. The number of aliphatic imine (C=N–C) groups is 1. The van der Waals surface area contributed by atoms with Gasteiger partial charge in [-0.15, -0.1) is 11.3 Å².